The molecule has 1 aromatic rings. The zero-order valence-electron chi connectivity index (χ0n) is 8.04. The highest BCUT2D eigenvalue weighted by atomic mass is 19.1. The largest absolute Gasteiger partial charge is 0.293 e. The second-order valence-electron chi connectivity index (χ2n) is 3.52. The maximum absolute atomic E-state index is 13.3. The van der Waals surface area contributed by atoms with Crippen molar-refractivity contribution in [2.45, 2.75) is 13.8 Å². The van der Waals surface area contributed by atoms with Crippen molar-refractivity contribution in [1.29, 1.82) is 0 Å². The molecular weight excluding hydrogens is 181 g/mol. The molecule has 1 aliphatic rings. The normalized spacial score (nSPS) is 19.6. The summed E-state index contributed by atoms with van der Waals surface area (Å²) in [7, 11) is 0. The molecular formula is C11H10FNO. The van der Waals surface area contributed by atoms with E-state index in [4.69, 9.17) is 0 Å². The molecule has 0 aliphatic carbocycles. The number of halogens is 1. The van der Waals surface area contributed by atoms with Gasteiger partial charge in [0, 0.05) is 11.8 Å². The maximum Gasteiger partial charge on any atom is 0.173 e. The number of aliphatic imine (C=N–C) groups is 1. The fourth-order valence-electron chi connectivity index (χ4n) is 1.59. The highest BCUT2D eigenvalue weighted by Crippen LogP contribution is 2.31. The number of benzene rings is 1. The third kappa shape index (κ3) is 1.16. The minimum atomic E-state index is -0.429. The van der Waals surface area contributed by atoms with Crippen molar-refractivity contribution in [2.75, 3.05) is 0 Å². The van der Waals surface area contributed by atoms with Crippen molar-refractivity contribution in [3.05, 3.63) is 29.1 Å². The van der Waals surface area contributed by atoms with E-state index >= 15 is 0 Å². The Hall–Kier alpha value is -1.51. The van der Waals surface area contributed by atoms with Gasteiger partial charge in [-0.25, -0.2) is 4.39 Å². The van der Waals surface area contributed by atoms with Crippen LogP contribution in [0.4, 0.5) is 10.1 Å². The highest BCUT2D eigenvalue weighted by molar-refractivity contribution is 6.12. The highest BCUT2D eigenvalue weighted by Gasteiger charge is 2.24. The molecule has 0 spiro atoms. The summed E-state index contributed by atoms with van der Waals surface area (Å²) in [5.74, 6) is -0.725. The zero-order valence-corrected chi connectivity index (χ0v) is 8.04. The van der Waals surface area contributed by atoms with E-state index in [1.54, 1.807) is 19.9 Å². The molecule has 0 saturated carbocycles. The van der Waals surface area contributed by atoms with E-state index in [0.29, 0.717) is 5.56 Å². The van der Waals surface area contributed by atoms with Gasteiger partial charge < -0.3 is 0 Å². The number of aryl methyl sites for hydroxylation is 1. The Labute approximate surface area is 81.5 Å². The number of hydrogen-bond acceptors (Lipinski definition) is 2. The predicted molar refractivity (Wildman–Crippen MR) is 52.8 cm³/mol. The molecule has 0 bridgehead atoms. The first kappa shape index (κ1) is 9.06. The molecule has 0 radical (unpaired) electrons. The molecule has 0 fully saturated rings. The van der Waals surface area contributed by atoms with Crippen molar-refractivity contribution >= 4 is 17.7 Å². The van der Waals surface area contributed by atoms with Crippen molar-refractivity contribution in [3.63, 3.8) is 0 Å². The third-order valence-electron chi connectivity index (χ3n) is 2.42. The Kier molecular flexibility index (Phi) is 1.95. The van der Waals surface area contributed by atoms with Crippen LogP contribution in [-0.2, 0) is 0 Å². The van der Waals surface area contributed by atoms with Gasteiger partial charge in [-0.3, -0.25) is 9.79 Å². The molecule has 2 nitrogen and oxygen atoms in total. The summed E-state index contributed by atoms with van der Waals surface area (Å²) in [5, 5.41) is 0. The van der Waals surface area contributed by atoms with Crippen LogP contribution in [0.3, 0.4) is 0 Å². The Bertz CT molecular complexity index is 437. The molecule has 72 valence electrons. The minimum Gasteiger partial charge on any atom is -0.293 e. The molecule has 1 unspecified atom stereocenters. The van der Waals surface area contributed by atoms with Gasteiger partial charge in [-0.1, -0.05) is 13.0 Å². The van der Waals surface area contributed by atoms with Crippen LogP contribution in [0.25, 0.3) is 0 Å². The molecule has 14 heavy (non-hydrogen) atoms. The van der Waals surface area contributed by atoms with Crippen LogP contribution in [0.15, 0.2) is 17.1 Å². The quantitative estimate of drug-likeness (QED) is 0.619. The van der Waals surface area contributed by atoms with Gasteiger partial charge in [0.05, 0.1) is 5.92 Å². The van der Waals surface area contributed by atoms with Crippen molar-refractivity contribution < 1.29 is 9.18 Å². The van der Waals surface area contributed by atoms with Gasteiger partial charge in [-0.15, -0.1) is 0 Å². The van der Waals surface area contributed by atoms with Gasteiger partial charge in [0.1, 0.15) is 11.5 Å². The number of nitrogens with zero attached hydrogens (tertiary/aromatic N) is 1. The van der Waals surface area contributed by atoms with Crippen LogP contribution in [-0.4, -0.2) is 12.0 Å². The van der Waals surface area contributed by atoms with Crippen LogP contribution in [0, 0.1) is 18.7 Å². The predicted octanol–water partition coefficient (Wildman–Crippen LogP) is 2.67. The zero-order chi connectivity index (χ0) is 10.3. The number of carbonyl (C=O) groups excluding carboxylic acids is 1. The fraction of sp³-hybridized carbons (Fsp3) is 0.273. The summed E-state index contributed by atoms with van der Waals surface area (Å²) < 4.78 is 13.3. The Morgan fingerprint density at radius 2 is 2.14 bits per heavy atom. The molecule has 0 saturated heterocycles. The first-order valence-corrected chi connectivity index (χ1v) is 4.48. The lowest BCUT2D eigenvalue weighted by Gasteiger charge is -2.16. The topological polar surface area (TPSA) is 29.4 Å². The number of ketones is 1. The summed E-state index contributed by atoms with van der Waals surface area (Å²) in [5.41, 5.74) is 1.41. The molecule has 0 amide bonds. The van der Waals surface area contributed by atoms with E-state index in [1.807, 2.05) is 0 Å². The fourth-order valence-corrected chi connectivity index (χ4v) is 1.59. The summed E-state index contributed by atoms with van der Waals surface area (Å²) >= 11 is 0. The van der Waals surface area contributed by atoms with E-state index < -0.39 is 5.82 Å². The van der Waals surface area contributed by atoms with E-state index in [0.717, 1.165) is 5.56 Å². The SMILES string of the molecule is Cc1ccc(F)c2c1C(=O)C(C)C=N2. The molecule has 0 N–H and O–H groups in total. The molecule has 3 heteroatoms. The summed E-state index contributed by atoms with van der Waals surface area (Å²) in [6, 6.07) is 2.95. The van der Waals surface area contributed by atoms with Crippen molar-refractivity contribution in [2.24, 2.45) is 10.9 Å². The lowest BCUT2D eigenvalue weighted by Crippen LogP contribution is -2.18. The van der Waals surface area contributed by atoms with Crippen LogP contribution >= 0.6 is 0 Å². The summed E-state index contributed by atoms with van der Waals surface area (Å²) in [4.78, 5) is 15.7. The number of hydrogen-bond donors (Lipinski definition) is 0. The molecule has 1 aliphatic heterocycles. The van der Waals surface area contributed by atoms with E-state index in [9.17, 15) is 9.18 Å². The second-order valence-corrected chi connectivity index (χ2v) is 3.52. The molecule has 0 aromatic heterocycles. The number of rotatable bonds is 0. The molecule has 2 rings (SSSR count). The number of carbonyl (C=O) groups is 1. The van der Waals surface area contributed by atoms with Crippen LogP contribution in [0.5, 0.6) is 0 Å². The van der Waals surface area contributed by atoms with E-state index in [2.05, 4.69) is 4.99 Å². The first-order chi connectivity index (χ1) is 6.61. The van der Waals surface area contributed by atoms with Crippen LogP contribution in [0.2, 0.25) is 0 Å². The van der Waals surface area contributed by atoms with E-state index in [-0.39, 0.29) is 17.4 Å². The monoisotopic (exact) mass is 191 g/mol. The van der Waals surface area contributed by atoms with Gasteiger partial charge in [-0.2, -0.15) is 0 Å². The number of fused-ring (bicyclic) bond motifs is 1. The van der Waals surface area contributed by atoms with Gasteiger partial charge in [0.2, 0.25) is 0 Å². The van der Waals surface area contributed by atoms with Crippen LogP contribution < -0.4 is 0 Å². The van der Waals surface area contributed by atoms with Crippen LogP contribution in [0.1, 0.15) is 22.8 Å². The third-order valence-corrected chi connectivity index (χ3v) is 2.42. The second kappa shape index (κ2) is 3.01. The average molecular weight is 191 g/mol. The smallest absolute Gasteiger partial charge is 0.173 e. The first-order valence-electron chi connectivity index (χ1n) is 4.48. The molecule has 1 atom stereocenters. The van der Waals surface area contributed by atoms with Gasteiger partial charge >= 0.3 is 0 Å². The van der Waals surface area contributed by atoms with Crippen molar-refractivity contribution in [1.82, 2.24) is 0 Å². The molecule has 1 heterocycles. The van der Waals surface area contributed by atoms with Gasteiger partial charge in [0.15, 0.2) is 5.78 Å². The van der Waals surface area contributed by atoms with E-state index in [1.165, 1.54) is 12.3 Å². The lowest BCUT2D eigenvalue weighted by atomic mass is 9.92. The maximum atomic E-state index is 13.3. The minimum absolute atomic E-state index is 0.0491. The Balaban J connectivity index is 2.73. The van der Waals surface area contributed by atoms with Gasteiger partial charge in [0.25, 0.3) is 0 Å². The summed E-state index contributed by atoms with van der Waals surface area (Å²) in [6.07, 6.45) is 1.49. The van der Waals surface area contributed by atoms with Gasteiger partial charge in [-0.05, 0) is 18.6 Å². The lowest BCUT2D eigenvalue weighted by molar-refractivity contribution is 0.0961. The molecule has 1 aromatic carbocycles. The Morgan fingerprint density at radius 3 is 2.86 bits per heavy atom. The summed E-state index contributed by atoms with van der Waals surface area (Å²) in [6.45, 7) is 3.56. The average Bonchev–Trinajstić information content (AvgIpc) is 2.16. The van der Waals surface area contributed by atoms with Crippen molar-refractivity contribution in [3.8, 4) is 0 Å². The Morgan fingerprint density at radius 1 is 1.43 bits per heavy atom. The standard InChI is InChI=1S/C11H10FNO/c1-6-3-4-8(12)10-9(6)11(14)7(2)5-13-10/h3-5,7H,1-2H3. The number of Topliss-reactive ketones (excluding diaryl/α,β-unsaturated/α-hetero) is 1.